The van der Waals surface area contributed by atoms with Crippen LogP contribution in [0.25, 0.3) is 0 Å². The summed E-state index contributed by atoms with van der Waals surface area (Å²) >= 11 is 0. The van der Waals surface area contributed by atoms with Gasteiger partial charge < -0.3 is 15.3 Å². The molecule has 0 aromatic carbocycles. The molecular weight excluding hydrogens is 204 g/mol. The first-order valence-corrected chi connectivity index (χ1v) is 5.98. The Hall–Kier alpha value is -0.610. The van der Waals surface area contributed by atoms with Crippen molar-refractivity contribution >= 4 is 5.91 Å². The van der Waals surface area contributed by atoms with E-state index in [1.54, 1.807) is 25.8 Å². The van der Waals surface area contributed by atoms with Crippen LogP contribution >= 0.6 is 0 Å². The van der Waals surface area contributed by atoms with E-state index in [9.17, 15) is 9.90 Å². The SMILES string of the molecule is CN(CC(C)(C)O)C(=O)C1(C)CCCCN1. The standard InChI is InChI=1S/C12H24N2O2/c1-11(2,16)9-14(4)10(15)12(3)7-5-6-8-13-12/h13,16H,5-9H2,1-4H3. The summed E-state index contributed by atoms with van der Waals surface area (Å²) in [7, 11) is 1.75. The number of nitrogens with zero attached hydrogens (tertiary/aromatic N) is 1. The Balaban J connectivity index is 2.62. The topological polar surface area (TPSA) is 52.6 Å². The molecule has 0 radical (unpaired) electrons. The summed E-state index contributed by atoms with van der Waals surface area (Å²) in [6.07, 6.45) is 3.10. The number of amides is 1. The van der Waals surface area contributed by atoms with Gasteiger partial charge in [0.2, 0.25) is 5.91 Å². The van der Waals surface area contributed by atoms with Crippen molar-refractivity contribution < 1.29 is 9.90 Å². The van der Waals surface area contributed by atoms with E-state index >= 15 is 0 Å². The predicted molar refractivity (Wildman–Crippen MR) is 64.2 cm³/mol. The molecule has 94 valence electrons. The van der Waals surface area contributed by atoms with Crippen LogP contribution in [0.1, 0.15) is 40.0 Å². The number of likely N-dealkylation sites (N-methyl/N-ethyl adjacent to an activating group) is 1. The number of piperidine rings is 1. The molecule has 0 aromatic heterocycles. The lowest BCUT2D eigenvalue weighted by atomic mass is 9.89. The quantitative estimate of drug-likeness (QED) is 0.749. The average molecular weight is 228 g/mol. The number of carbonyl (C=O) groups is 1. The maximum atomic E-state index is 12.2. The molecule has 4 heteroatoms. The fourth-order valence-corrected chi connectivity index (χ4v) is 2.31. The zero-order chi connectivity index (χ0) is 12.4. The van der Waals surface area contributed by atoms with Gasteiger partial charge in [0.25, 0.3) is 0 Å². The molecule has 2 N–H and O–H groups in total. The maximum Gasteiger partial charge on any atom is 0.242 e. The highest BCUT2D eigenvalue weighted by atomic mass is 16.3. The first-order chi connectivity index (χ1) is 7.25. The van der Waals surface area contributed by atoms with Crippen molar-refractivity contribution in [3.63, 3.8) is 0 Å². The normalized spacial score (nSPS) is 26.6. The number of hydrogen-bond donors (Lipinski definition) is 2. The lowest BCUT2D eigenvalue weighted by Crippen LogP contribution is -2.58. The summed E-state index contributed by atoms with van der Waals surface area (Å²) in [4.78, 5) is 13.9. The fourth-order valence-electron chi connectivity index (χ4n) is 2.31. The molecule has 0 aromatic rings. The molecule has 1 rings (SSSR count). The molecule has 1 fully saturated rings. The highest BCUT2D eigenvalue weighted by Gasteiger charge is 2.37. The lowest BCUT2D eigenvalue weighted by Gasteiger charge is -2.38. The molecule has 1 aliphatic heterocycles. The van der Waals surface area contributed by atoms with Crippen molar-refractivity contribution in [3.05, 3.63) is 0 Å². The summed E-state index contributed by atoms with van der Waals surface area (Å²) in [6.45, 7) is 6.65. The lowest BCUT2D eigenvalue weighted by molar-refractivity contribution is -0.140. The van der Waals surface area contributed by atoms with Gasteiger partial charge in [0.05, 0.1) is 11.1 Å². The second kappa shape index (κ2) is 4.72. The number of nitrogens with one attached hydrogen (secondary N) is 1. The van der Waals surface area contributed by atoms with E-state index in [4.69, 9.17) is 0 Å². The summed E-state index contributed by atoms with van der Waals surface area (Å²) in [6, 6.07) is 0. The van der Waals surface area contributed by atoms with Gasteiger partial charge in [-0.1, -0.05) is 0 Å². The molecule has 4 nitrogen and oxygen atoms in total. The van der Waals surface area contributed by atoms with Crippen molar-refractivity contribution in [3.8, 4) is 0 Å². The van der Waals surface area contributed by atoms with Gasteiger partial charge in [0.1, 0.15) is 0 Å². The summed E-state index contributed by atoms with van der Waals surface area (Å²) in [5.74, 6) is 0.0781. The molecule has 1 aliphatic rings. The van der Waals surface area contributed by atoms with Crippen molar-refractivity contribution in [2.24, 2.45) is 0 Å². The first kappa shape index (κ1) is 13.5. The van der Waals surface area contributed by atoms with E-state index in [2.05, 4.69) is 5.32 Å². The fraction of sp³-hybridized carbons (Fsp3) is 0.917. The molecular formula is C12H24N2O2. The summed E-state index contributed by atoms with van der Waals surface area (Å²) in [5.41, 5.74) is -1.28. The minimum Gasteiger partial charge on any atom is -0.389 e. The van der Waals surface area contributed by atoms with Crippen LogP contribution < -0.4 is 5.32 Å². The molecule has 1 amide bonds. The Labute approximate surface area is 98.0 Å². The third kappa shape index (κ3) is 3.46. The number of aliphatic hydroxyl groups is 1. The van der Waals surface area contributed by atoms with Gasteiger partial charge in [-0.25, -0.2) is 0 Å². The van der Waals surface area contributed by atoms with Crippen molar-refractivity contribution in [2.75, 3.05) is 20.1 Å². The monoisotopic (exact) mass is 228 g/mol. The highest BCUT2D eigenvalue weighted by molar-refractivity contribution is 5.85. The van der Waals surface area contributed by atoms with Gasteiger partial charge in [-0.2, -0.15) is 0 Å². The number of carbonyl (C=O) groups excluding carboxylic acids is 1. The van der Waals surface area contributed by atoms with E-state index in [0.717, 1.165) is 25.8 Å². The van der Waals surface area contributed by atoms with E-state index in [1.807, 2.05) is 6.92 Å². The van der Waals surface area contributed by atoms with Gasteiger partial charge in [-0.05, 0) is 46.6 Å². The molecule has 1 unspecified atom stereocenters. The number of hydrogen-bond acceptors (Lipinski definition) is 3. The molecule has 0 aliphatic carbocycles. The van der Waals surface area contributed by atoms with Crippen LogP contribution in [0.2, 0.25) is 0 Å². The predicted octanol–water partition coefficient (Wildman–Crippen LogP) is 0.748. The van der Waals surface area contributed by atoms with Gasteiger partial charge in [-0.3, -0.25) is 4.79 Å². The van der Waals surface area contributed by atoms with Gasteiger partial charge in [-0.15, -0.1) is 0 Å². The Morgan fingerprint density at radius 1 is 1.50 bits per heavy atom. The minimum absolute atomic E-state index is 0.0781. The summed E-state index contributed by atoms with van der Waals surface area (Å²) < 4.78 is 0. The molecule has 0 spiro atoms. The highest BCUT2D eigenvalue weighted by Crippen LogP contribution is 2.21. The zero-order valence-electron chi connectivity index (χ0n) is 10.8. The van der Waals surface area contributed by atoms with E-state index in [-0.39, 0.29) is 5.91 Å². The van der Waals surface area contributed by atoms with Crippen LogP contribution in [0, 0.1) is 0 Å². The Kier molecular flexibility index (Phi) is 3.97. The van der Waals surface area contributed by atoms with Gasteiger partial charge >= 0.3 is 0 Å². The van der Waals surface area contributed by atoms with Crippen LogP contribution in [-0.2, 0) is 4.79 Å². The molecule has 1 heterocycles. The maximum absolute atomic E-state index is 12.2. The molecule has 1 atom stereocenters. The van der Waals surface area contributed by atoms with E-state index in [1.165, 1.54) is 0 Å². The summed E-state index contributed by atoms with van der Waals surface area (Å²) in [5, 5.41) is 13.0. The first-order valence-electron chi connectivity index (χ1n) is 5.98. The molecule has 16 heavy (non-hydrogen) atoms. The van der Waals surface area contributed by atoms with Crippen molar-refractivity contribution in [1.82, 2.24) is 10.2 Å². The zero-order valence-corrected chi connectivity index (χ0v) is 10.8. The van der Waals surface area contributed by atoms with Crippen molar-refractivity contribution in [2.45, 2.75) is 51.2 Å². The van der Waals surface area contributed by atoms with Gasteiger partial charge in [0, 0.05) is 13.6 Å². The third-order valence-corrected chi connectivity index (χ3v) is 3.06. The largest absolute Gasteiger partial charge is 0.389 e. The Bertz CT molecular complexity index is 252. The van der Waals surface area contributed by atoms with Crippen LogP contribution in [0.5, 0.6) is 0 Å². The van der Waals surface area contributed by atoms with Crippen LogP contribution in [0.15, 0.2) is 0 Å². The van der Waals surface area contributed by atoms with Gasteiger partial charge in [0.15, 0.2) is 0 Å². The third-order valence-electron chi connectivity index (χ3n) is 3.06. The second-order valence-corrected chi connectivity index (χ2v) is 5.69. The Morgan fingerprint density at radius 3 is 2.56 bits per heavy atom. The molecule has 0 saturated carbocycles. The molecule has 0 bridgehead atoms. The minimum atomic E-state index is -0.838. The Morgan fingerprint density at radius 2 is 2.12 bits per heavy atom. The second-order valence-electron chi connectivity index (χ2n) is 5.69. The van der Waals surface area contributed by atoms with Crippen LogP contribution in [0.3, 0.4) is 0 Å². The van der Waals surface area contributed by atoms with Crippen molar-refractivity contribution in [1.29, 1.82) is 0 Å². The molecule has 1 saturated heterocycles. The average Bonchev–Trinajstić information content (AvgIpc) is 2.15. The number of rotatable bonds is 3. The van der Waals surface area contributed by atoms with Crippen LogP contribution in [0.4, 0.5) is 0 Å². The van der Waals surface area contributed by atoms with E-state index < -0.39 is 11.1 Å². The van der Waals surface area contributed by atoms with E-state index in [0.29, 0.717) is 6.54 Å². The van der Waals surface area contributed by atoms with Crippen LogP contribution in [-0.4, -0.2) is 47.2 Å². The smallest absolute Gasteiger partial charge is 0.242 e.